The molecule has 2 aliphatic heterocycles. The van der Waals surface area contributed by atoms with E-state index in [0.29, 0.717) is 5.76 Å². The molecule has 0 aliphatic carbocycles. The number of hydrogen-bond donors (Lipinski definition) is 0. The molecule has 1 fully saturated rings. The normalized spacial score (nSPS) is 21.5. The molecule has 3 heterocycles. The van der Waals surface area contributed by atoms with Crippen LogP contribution in [0.3, 0.4) is 0 Å². The van der Waals surface area contributed by atoms with E-state index in [1.54, 1.807) is 63.4 Å². The van der Waals surface area contributed by atoms with Gasteiger partial charge >= 0.3 is 5.97 Å². The maximum absolute atomic E-state index is 13.5. The SMILES string of the molecule is CC(C)(C)OC(=O)CN1CC(c2ccco2)SCC(N2C(=O)c3ccccc3C2=O)C1=O. The highest BCUT2D eigenvalue weighted by molar-refractivity contribution is 7.99. The lowest BCUT2D eigenvalue weighted by atomic mass is 10.1. The quantitative estimate of drug-likeness (QED) is 0.515. The first kappa shape index (κ1) is 22.1. The fourth-order valence-electron chi connectivity index (χ4n) is 3.83. The van der Waals surface area contributed by atoms with Crippen molar-refractivity contribution in [1.82, 2.24) is 9.80 Å². The summed E-state index contributed by atoms with van der Waals surface area (Å²) in [5, 5.41) is -0.253. The zero-order valence-electron chi connectivity index (χ0n) is 18.1. The fourth-order valence-corrected chi connectivity index (χ4v) is 5.12. The van der Waals surface area contributed by atoms with E-state index in [-0.39, 0.29) is 35.2 Å². The number of furan rings is 1. The van der Waals surface area contributed by atoms with Crippen molar-refractivity contribution < 1.29 is 28.3 Å². The van der Waals surface area contributed by atoms with Crippen LogP contribution >= 0.6 is 11.8 Å². The second kappa shape index (κ2) is 8.46. The first-order chi connectivity index (χ1) is 15.2. The molecule has 3 amide bonds. The van der Waals surface area contributed by atoms with E-state index in [9.17, 15) is 19.2 Å². The van der Waals surface area contributed by atoms with Crippen molar-refractivity contribution in [3.05, 3.63) is 59.5 Å². The Labute approximate surface area is 189 Å². The molecule has 1 saturated heterocycles. The molecule has 0 saturated carbocycles. The predicted molar refractivity (Wildman–Crippen MR) is 117 cm³/mol. The molecule has 2 aromatic rings. The van der Waals surface area contributed by atoms with Gasteiger partial charge in [0.05, 0.1) is 22.6 Å². The summed E-state index contributed by atoms with van der Waals surface area (Å²) in [6, 6.07) is 9.04. The number of fused-ring (bicyclic) bond motifs is 1. The van der Waals surface area contributed by atoms with Crippen LogP contribution in [0.5, 0.6) is 0 Å². The Balaban J connectivity index is 1.63. The predicted octanol–water partition coefficient (Wildman–Crippen LogP) is 2.90. The third-order valence-electron chi connectivity index (χ3n) is 5.18. The van der Waals surface area contributed by atoms with Crippen molar-refractivity contribution >= 4 is 35.5 Å². The highest BCUT2D eigenvalue weighted by Gasteiger charge is 2.46. The van der Waals surface area contributed by atoms with Crippen LogP contribution in [0.15, 0.2) is 47.1 Å². The maximum Gasteiger partial charge on any atom is 0.326 e. The van der Waals surface area contributed by atoms with Crippen molar-refractivity contribution in [2.45, 2.75) is 37.7 Å². The lowest BCUT2D eigenvalue weighted by molar-refractivity contribution is -0.159. The summed E-state index contributed by atoms with van der Waals surface area (Å²) in [5.74, 6) is -1.18. The zero-order valence-corrected chi connectivity index (χ0v) is 18.9. The highest BCUT2D eigenvalue weighted by atomic mass is 32.2. The average Bonchev–Trinajstić information content (AvgIpc) is 3.30. The van der Waals surface area contributed by atoms with Gasteiger partial charge in [-0.3, -0.25) is 24.1 Å². The first-order valence-corrected chi connectivity index (χ1v) is 11.3. The molecule has 1 aromatic carbocycles. The molecular weight excluding hydrogens is 432 g/mol. The summed E-state index contributed by atoms with van der Waals surface area (Å²) >= 11 is 1.41. The molecule has 2 aliphatic rings. The van der Waals surface area contributed by atoms with Gasteiger partial charge in [0.25, 0.3) is 11.8 Å². The van der Waals surface area contributed by atoms with E-state index >= 15 is 0 Å². The number of thioether (sulfide) groups is 1. The Kier molecular flexibility index (Phi) is 5.85. The van der Waals surface area contributed by atoms with Gasteiger partial charge in [0.2, 0.25) is 5.91 Å². The van der Waals surface area contributed by atoms with Crippen molar-refractivity contribution in [1.29, 1.82) is 0 Å². The second-order valence-electron chi connectivity index (χ2n) is 8.68. The Bertz CT molecular complexity index is 1020. The molecule has 2 unspecified atom stereocenters. The van der Waals surface area contributed by atoms with E-state index in [1.807, 2.05) is 0 Å². The molecule has 32 heavy (non-hydrogen) atoms. The number of rotatable bonds is 4. The molecule has 1 aromatic heterocycles. The van der Waals surface area contributed by atoms with Gasteiger partial charge in [-0.25, -0.2) is 0 Å². The van der Waals surface area contributed by atoms with Crippen LogP contribution in [0, 0.1) is 0 Å². The number of esters is 1. The summed E-state index contributed by atoms with van der Waals surface area (Å²) in [6.45, 7) is 5.15. The average molecular weight is 457 g/mol. The number of carbonyl (C=O) groups excluding carboxylic acids is 4. The molecule has 0 N–H and O–H groups in total. The third kappa shape index (κ3) is 4.29. The van der Waals surface area contributed by atoms with Crippen molar-refractivity contribution in [3.8, 4) is 0 Å². The molecule has 8 nitrogen and oxygen atoms in total. The van der Waals surface area contributed by atoms with Crippen LogP contribution in [0.25, 0.3) is 0 Å². The summed E-state index contributed by atoms with van der Waals surface area (Å²) < 4.78 is 10.9. The van der Waals surface area contributed by atoms with Gasteiger partial charge in [-0.05, 0) is 45.0 Å². The van der Waals surface area contributed by atoms with E-state index in [4.69, 9.17) is 9.15 Å². The third-order valence-corrected chi connectivity index (χ3v) is 6.47. The number of imide groups is 1. The van der Waals surface area contributed by atoms with Crippen molar-refractivity contribution in [2.24, 2.45) is 0 Å². The van der Waals surface area contributed by atoms with Crippen LogP contribution in [0.2, 0.25) is 0 Å². The Morgan fingerprint density at radius 1 is 1.09 bits per heavy atom. The molecule has 2 atom stereocenters. The van der Waals surface area contributed by atoms with Gasteiger partial charge in [-0.1, -0.05) is 12.1 Å². The molecule has 0 spiro atoms. The Hall–Kier alpha value is -3.07. The molecule has 0 radical (unpaired) electrons. The monoisotopic (exact) mass is 456 g/mol. The van der Waals surface area contributed by atoms with Crippen LogP contribution in [0.1, 0.15) is 52.5 Å². The van der Waals surface area contributed by atoms with Crippen molar-refractivity contribution in [3.63, 3.8) is 0 Å². The lowest BCUT2D eigenvalue weighted by Crippen LogP contribution is -2.52. The van der Waals surface area contributed by atoms with Crippen LogP contribution in [-0.4, -0.2) is 64.0 Å². The minimum Gasteiger partial charge on any atom is -0.468 e. The van der Waals surface area contributed by atoms with Crippen LogP contribution in [0.4, 0.5) is 0 Å². The highest BCUT2D eigenvalue weighted by Crippen LogP contribution is 2.36. The molecular formula is C23H24N2O6S. The fraction of sp³-hybridized carbons (Fsp3) is 0.391. The van der Waals surface area contributed by atoms with E-state index < -0.39 is 35.3 Å². The number of nitrogens with zero attached hydrogens (tertiary/aromatic N) is 2. The van der Waals surface area contributed by atoms with Crippen LogP contribution in [-0.2, 0) is 14.3 Å². The second-order valence-corrected chi connectivity index (χ2v) is 9.92. The summed E-state index contributed by atoms with van der Waals surface area (Å²) in [4.78, 5) is 54.4. The van der Waals surface area contributed by atoms with Crippen molar-refractivity contribution in [2.75, 3.05) is 18.8 Å². The maximum atomic E-state index is 13.5. The van der Waals surface area contributed by atoms with E-state index in [2.05, 4.69) is 0 Å². The largest absolute Gasteiger partial charge is 0.468 e. The smallest absolute Gasteiger partial charge is 0.326 e. The topological polar surface area (TPSA) is 97.1 Å². The molecule has 4 rings (SSSR count). The number of ether oxygens (including phenoxy) is 1. The molecule has 168 valence electrons. The van der Waals surface area contributed by atoms with Gasteiger partial charge in [-0.2, -0.15) is 0 Å². The summed E-state index contributed by atoms with van der Waals surface area (Å²) in [7, 11) is 0. The lowest BCUT2D eigenvalue weighted by Gasteiger charge is -2.29. The summed E-state index contributed by atoms with van der Waals surface area (Å²) in [5.41, 5.74) is -0.148. The number of amides is 3. The Morgan fingerprint density at radius 3 is 2.31 bits per heavy atom. The number of benzene rings is 1. The zero-order chi connectivity index (χ0) is 23.0. The van der Waals surface area contributed by atoms with Gasteiger partial charge in [0.1, 0.15) is 23.9 Å². The van der Waals surface area contributed by atoms with Gasteiger partial charge < -0.3 is 14.1 Å². The van der Waals surface area contributed by atoms with E-state index in [0.717, 1.165) is 4.90 Å². The molecule has 9 heteroatoms. The van der Waals surface area contributed by atoms with Crippen LogP contribution < -0.4 is 0 Å². The Morgan fingerprint density at radius 2 is 1.75 bits per heavy atom. The number of hydrogen-bond acceptors (Lipinski definition) is 7. The van der Waals surface area contributed by atoms with E-state index in [1.165, 1.54) is 16.7 Å². The number of carbonyl (C=O) groups is 4. The minimum atomic E-state index is -1.03. The standard InChI is InChI=1S/C23H24N2O6S/c1-23(2,3)31-19(26)12-24-11-18(17-9-6-10-30-17)32-13-16(22(24)29)25-20(27)14-7-4-5-8-15(14)21(25)28/h4-10,16,18H,11-13H2,1-3H3. The minimum absolute atomic E-state index is 0.190. The van der Waals surface area contributed by atoms with Gasteiger partial charge in [0.15, 0.2) is 0 Å². The summed E-state index contributed by atoms with van der Waals surface area (Å²) in [6.07, 6.45) is 1.54. The molecule has 0 bridgehead atoms. The van der Waals surface area contributed by atoms with Gasteiger partial charge in [-0.15, -0.1) is 11.8 Å². The first-order valence-electron chi connectivity index (χ1n) is 10.3. The van der Waals surface area contributed by atoms with Gasteiger partial charge in [0, 0.05) is 12.3 Å².